The van der Waals surface area contributed by atoms with Crippen LogP contribution >= 0.6 is 0 Å². The zero-order chi connectivity index (χ0) is 17.2. The molecule has 0 aromatic heterocycles. The van der Waals surface area contributed by atoms with Gasteiger partial charge in [0.1, 0.15) is 16.0 Å². The highest BCUT2D eigenvalue weighted by molar-refractivity contribution is 7.94. The van der Waals surface area contributed by atoms with Crippen LogP contribution in [0.15, 0.2) is 23.2 Å². The van der Waals surface area contributed by atoms with Gasteiger partial charge in [0.2, 0.25) is 0 Å². The van der Waals surface area contributed by atoms with Crippen LogP contribution in [-0.4, -0.2) is 30.2 Å². The fraction of sp³-hybridized carbons (Fsp3) is 0.588. The largest absolute Gasteiger partial charge is 0.490 e. The molecule has 0 aliphatic carbocycles. The molecule has 0 saturated carbocycles. The van der Waals surface area contributed by atoms with Crippen LogP contribution in [0.2, 0.25) is 0 Å². The number of hydrogen-bond acceptors (Lipinski definition) is 5. The van der Waals surface area contributed by atoms with Crippen LogP contribution < -0.4 is 10.5 Å². The average molecular weight is 336 g/mol. The van der Waals surface area contributed by atoms with E-state index in [0.29, 0.717) is 23.6 Å². The second kappa shape index (κ2) is 4.72. The van der Waals surface area contributed by atoms with Crippen LogP contribution in [0.1, 0.15) is 46.6 Å². The number of nitrogens with zero attached hydrogens (tertiary/aromatic N) is 1. The smallest absolute Gasteiger partial charge is 0.166 e. The minimum absolute atomic E-state index is 0.205. The molecule has 2 aliphatic heterocycles. The van der Waals surface area contributed by atoms with Gasteiger partial charge in [0.05, 0.1) is 11.4 Å². The summed E-state index contributed by atoms with van der Waals surface area (Å²) in [5, 5.41) is -0.633. The molecule has 0 radical (unpaired) electrons. The second-order valence-electron chi connectivity index (χ2n) is 7.31. The number of aliphatic imine (C=N–C) groups is 1. The van der Waals surface area contributed by atoms with E-state index in [2.05, 4.69) is 0 Å². The van der Waals surface area contributed by atoms with Crippen molar-refractivity contribution >= 4 is 21.2 Å². The van der Waals surface area contributed by atoms with Crippen molar-refractivity contribution in [2.24, 2.45) is 4.99 Å². The molecule has 0 fully saturated rings. The molecule has 23 heavy (non-hydrogen) atoms. The van der Waals surface area contributed by atoms with E-state index in [0.717, 1.165) is 5.56 Å². The van der Waals surface area contributed by atoms with Crippen LogP contribution in [0.25, 0.3) is 0 Å². The Morgan fingerprint density at radius 1 is 1.30 bits per heavy atom. The van der Waals surface area contributed by atoms with Crippen molar-refractivity contribution in [3.8, 4) is 5.75 Å². The summed E-state index contributed by atoms with van der Waals surface area (Å²) >= 11 is 0. The molecule has 6 heteroatoms. The SMILES string of the molecule is CC1=N[C@]2(C)c3cc(N)ccc3O[C@@H](C)C[C@H]2S(=O)(=O)C1(C)C. The Labute approximate surface area is 137 Å². The van der Waals surface area contributed by atoms with Crippen molar-refractivity contribution in [2.45, 2.75) is 62.7 Å². The molecule has 5 nitrogen and oxygen atoms in total. The summed E-state index contributed by atoms with van der Waals surface area (Å²) in [6.45, 7) is 9.04. The third-order valence-electron chi connectivity index (χ3n) is 5.41. The molecule has 2 N–H and O–H groups in total. The zero-order valence-corrected chi connectivity index (χ0v) is 15.1. The fourth-order valence-electron chi connectivity index (χ4n) is 3.62. The number of anilines is 1. The average Bonchev–Trinajstić information content (AvgIpc) is 2.54. The number of hydrogen-bond donors (Lipinski definition) is 1. The quantitative estimate of drug-likeness (QED) is 0.739. The molecule has 0 unspecified atom stereocenters. The Bertz CT molecular complexity index is 798. The Kier molecular flexibility index (Phi) is 3.35. The van der Waals surface area contributed by atoms with E-state index in [1.807, 2.05) is 19.9 Å². The summed E-state index contributed by atoms with van der Waals surface area (Å²) in [6, 6.07) is 5.38. The summed E-state index contributed by atoms with van der Waals surface area (Å²) in [7, 11) is -3.43. The molecule has 0 amide bonds. The lowest BCUT2D eigenvalue weighted by atomic mass is 9.85. The normalized spacial score (nSPS) is 34.4. The van der Waals surface area contributed by atoms with Gasteiger partial charge in [0.25, 0.3) is 0 Å². The predicted octanol–water partition coefficient (Wildman–Crippen LogP) is 2.69. The van der Waals surface area contributed by atoms with Crippen molar-refractivity contribution in [1.29, 1.82) is 0 Å². The first kappa shape index (κ1) is 16.3. The minimum Gasteiger partial charge on any atom is -0.490 e. The van der Waals surface area contributed by atoms with Crippen LogP contribution in [0.4, 0.5) is 5.69 Å². The third kappa shape index (κ3) is 2.11. The Balaban J connectivity index is 2.37. The zero-order valence-electron chi connectivity index (χ0n) is 14.3. The van der Waals surface area contributed by atoms with E-state index in [4.69, 9.17) is 15.5 Å². The molecule has 2 aliphatic rings. The van der Waals surface area contributed by atoms with E-state index >= 15 is 0 Å². The molecule has 0 bridgehead atoms. The van der Waals surface area contributed by atoms with Crippen LogP contribution in [0, 0.1) is 0 Å². The third-order valence-corrected chi connectivity index (χ3v) is 8.53. The lowest BCUT2D eigenvalue weighted by molar-refractivity contribution is 0.213. The number of rotatable bonds is 0. The molecule has 1 aromatic carbocycles. The molecule has 3 rings (SSSR count). The van der Waals surface area contributed by atoms with E-state index in [-0.39, 0.29) is 6.10 Å². The Morgan fingerprint density at radius 3 is 2.61 bits per heavy atom. The fourth-order valence-corrected chi connectivity index (χ4v) is 6.10. The second-order valence-corrected chi connectivity index (χ2v) is 9.99. The molecule has 0 saturated heterocycles. The number of ether oxygens (including phenoxy) is 1. The molecule has 126 valence electrons. The Morgan fingerprint density at radius 2 is 1.96 bits per heavy atom. The molecule has 2 heterocycles. The monoisotopic (exact) mass is 336 g/mol. The maximum Gasteiger partial charge on any atom is 0.166 e. The number of fused-ring (bicyclic) bond motifs is 3. The van der Waals surface area contributed by atoms with E-state index in [1.54, 1.807) is 32.9 Å². The molecule has 1 aromatic rings. The first-order chi connectivity index (χ1) is 10.5. The maximum absolute atomic E-state index is 13.3. The van der Waals surface area contributed by atoms with Gasteiger partial charge in [-0.2, -0.15) is 0 Å². The van der Waals surface area contributed by atoms with Crippen molar-refractivity contribution in [3.05, 3.63) is 23.8 Å². The van der Waals surface area contributed by atoms with Gasteiger partial charge in [-0.25, -0.2) is 8.42 Å². The van der Waals surface area contributed by atoms with Gasteiger partial charge in [0, 0.05) is 23.4 Å². The van der Waals surface area contributed by atoms with Gasteiger partial charge in [-0.15, -0.1) is 0 Å². The van der Waals surface area contributed by atoms with Gasteiger partial charge >= 0.3 is 0 Å². The summed E-state index contributed by atoms with van der Waals surface area (Å²) in [6.07, 6.45) is 0.205. The topological polar surface area (TPSA) is 81.8 Å². The first-order valence-electron chi connectivity index (χ1n) is 7.87. The summed E-state index contributed by atoms with van der Waals surface area (Å²) in [5.41, 5.74) is 7.03. The lowest BCUT2D eigenvalue weighted by Crippen LogP contribution is -2.57. The maximum atomic E-state index is 13.3. The molecule has 3 atom stereocenters. The van der Waals surface area contributed by atoms with E-state index in [1.165, 1.54) is 0 Å². The van der Waals surface area contributed by atoms with Gasteiger partial charge in [-0.3, -0.25) is 4.99 Å². The van der Waals surface area contributed by atoms with Crippen molar-refractivity contribution < 1.29 is 13.2 Å². The minimum atomic E-state index is -3.43. The predicted molar refractivity (Wildman–Crippen MR) is 92.8 cm³/mol. The van der Waals surface area contributed by atoms with Crippen molar-refractivity contribution in [1.82, 2.24) is 0 Å². The summed E-state index contributed by atoms with van der Waals surface area (Å²) in [5.74, 6) is 0.670. The highest BCUT2D eigenvalue weighted by Gasteiger charge is 2.57. The van der Waals surface area contributed by atoms with E-state index < -0.39 is 25.4 Å². The number of nitrogen functional groups attached to an aromatic ring is 1. The number of nitrogens with two attached hydrogens (primary N) is 1. The molecule has 0 spiro atoms. The highest BCUT2D eigenvalue weighted by Crippen LogP contribution is 2.49. The summed E-state index contributed by atoms with van der Waals surface area (Å²) < 4.78 is 31.6. The number of sulfone groups is 1. The van der Waals surface area contributed by atoms with Crippen molar-refractivity contribution in [2.75, 3.05) is 5.73 Å². The lowest BCUT2D eigenvalue weighted by Gasteiger charge is -2.44. The van der Waals surface area contributed by atoms with Crippen LogP contribution in [-0.2, 0) is 15.4 Å². The van der Waals surface area contributed by atoms with E-state index in [9.17, 15) is 8.42 Å². The molecular weight excluding hydrogens is 312 g/mol. The van der Waals surface area contributed by atoms with Crippen LogP contribution in [0.5, 0.6) is 5.75 Å². The first-order valence-corrected chi connectivity index (χ1v) is 9.42. The van der Waals surface area contributed by atoms with Gasteiger partial charge < -0.3 is 10.5 Å². The van der Waals surface area contributed by atoms with Gasteiger partial charge in [-0.05, 0) is 52.8 Å². The van der Waals surface area contributed by atoms with Gasteiger partial charge in [-0.1, -0.05) is 0 Å². The summed E-state index contributed by atoms with van der Waals surface area (Å²) in [4.78, 5) is 4.86. The highest BCUT2D eigenvalue weighted by atomic mass is 32.2. The van der Waals surface area contributed by atoms with Gasteiger partial charge in [0.15, 0.2) is 9.84 Å². The van der Waals surface area contributed by atoms with Crippen molar-refractivity contribution in [3.63, 3.8) is 0 Å². The number of benzene rings is 1. The van der Waals surface area contributed by atoms with Crippen LogP contribution in [0.3, 0.4) is 0 Å². The standard InChI is InChI=1S/C17H24N2O3S/c1-10-8-15-17(5,13-9-12(18)6-7-14(13)22-10)19-11(2)16(3,4)23(15,20)21/h6-7,9-10,15H,8,18H2,1-5H3/t10-,15+,17+/m0/s1. The Hall–Kier alpha value is -1.56. The molecular formula is C17H24N2O3S.